The molecule has 1 atom stereocenters. The van der Waals surface area contributed by atoms with Gasteiger partial charge in [-0.3, -0.25) is 4.98 Å². The van der Waals surface area contributed by atoms with Gasteiger partial charge in [-0.15, -0.1) is 0 Å². The maximum atomic E-state index is 12.3. The Labute approximate surface area is 140 Å². The van der Waals surface area contributed by atoms with Crippen molar-refractivity contribution >= 4 is 6.03 Å². The number of hydrogen-bond acceptors (Lipinski definition) is 6. The van der Waals surface area contributed by atoms with E-state index in [-0.39, 0.29) is 18.6 Å². The second-order valence-electron chi connectivity index (χ2n) is 5.93. The average Bonchev–Trinajstić information content (AvgIpc) is 3.25. The first-order valence-electron chi connectivity index (χ1n) is 8.12. The summed E-state index contributed by atoms with van der Waals surface area (Å²) < 4.78 is 5.23. The summed E-state index contributed by atoms with van der Waals surface area (Å²) in [6.45, 7) is 5.36. The Morgan fingerprint density at radius 2 is 2.25 bits per heavy atom. The Bertz CT molecular complexity index is 674. The van der Waals surface area contributed by atoms with Crippen molar-refractivity contribution in [1.29, 1.82) is 0 Å². The first-order valence-corrected chi connectivity index (χ1v) is 8.12. The summed E-state index contributed by atoms with van der Waals surface area (Å²) in [6.07, 6.45) is 4.33. The van der Waals surface area contributed by atoms with Gasteiger partial charge in [-0.1, -0.05) is 12.1 Å². The number of likely N-dealkylation sites (tertiary alicyclic amines) is 1. The lowest BCUT2D eigenvalue weighted by molar-refractivity contribution is 0.195. The van der Waals surface area contributed by atoms with E-state index >= 15 is 0 Å². The van der Waals surface area contributed by atoms with Crippen LogP contribution in [0.2, 0.25) is 0 Å². The number of hydrogen-bond donors (Lipinski definition) is 1. The lowest BCUT2D eigenvalue weighted by Crippen LogP contribution is -2.43. The molecule has 2 amide bonds. The lowest BCUT2D eigenvalue weighted by atomic mass is 10.2. The smallest absolute Gasteiger partial charge is 0.317 e. The maximum absolute atomic E-state index is 12.3. The van der Waals surface area contributed by atoms with Crippen LogP contribution in [0.15, 0.2) is 29.0 Å². The minimum atomic E-state index is -0.124. The van der Waals surface area contributed by atoms with Gasteiger partial charge in [0.05, 0.1) is 0 Å². The van der Waals surface area contributed by atoms with Gasteiger partial charge in [0, 0.05) is 44.1 Å². The normalized spacial score (nSPS) is 17.8. The van der Waals surface area contributed by atoms with Crippen LogP contribution >= 0.6 is 0 Å². The van der Waals surface area contributed by atoms with Crippen LogP contribution in [0.25, 0.3) is 11.4 Å². The average molecular weight is 330 g/mol. The molecule has 24 heavy (non-hydrogen) atoms. The minimum Gasteiger partial charge on any atom is -0.337 e. The van der Waals surface area contributed by atoms with Gasteiger partial charge in [0.1, 0.15) is 6.54 Å². The standard InChI is InChI=1S/C16H22N6O2/c1-3-22-9-6-13(10-22)18-16(23)21(2)11-14-19-15(20-24-14)12-4-7-17-8-5-12/h4-5,7-8,13H,3,6,9-11H2,1-2H3,(H,18,23)/t13-/m1/s1. The minimum absolute atomic E-state index is 0.124. The zero-order valence-electron chi connectivity index (χ0n) is 14.0. The molecule has 0 saturated carbocycles. The summed E-state index contributed by atoms with van der Waals surface area (Å²) in [5.74, 6) is 0.900. The molecule has 0 bridgehead atoms. The summed E-state index contributed by atoms with van der Waals surface area (Å²) in [4.78, 5) is 24.4. The summed E-state index contributed by atoms with van der Waals surface area (Å²) >= 11 is 0. The molecule has 0 aromatic carbocycles. The van der Waals surface area contributed by atoms with Gasteiger partial charge in [-0.25, -0.2) is 4.79 Å². The molecule has 1 aliphatic rings. The number of aromatic nitrogens is 3. The van der Waals surface area contributed by atoms with Crippen molar-refractivity contribution < 1.29 is 9.32 Å². The lowest BCUT2D eigenvalue weighted by Gasteiger charge is -2.20. The molecule has 0 unspecified atom stereocenters. The van der Waals surface area contributed by atoms with Gasteiger partial charge in [0.15, 0.2) is 0 Å². The van der Waals surface area contributed by atoms with Crippen LogP contribution in [-0.4, -0.2) is 63.7 Å². The van der Waals surface area contributed by atoms with Crippen LogP contribution in [0.1, 0.15) is 19.2 Å². The van der Waals surface area contributed by atoms with E-state index < -0.39 is 0 Å². The van der Waals surface area contributed by atoms with Crippen molar-refractivity contribution in [2.45, 2.75) is 25.9 Å². The molecule has 2 aromatic rings. The first-order chi connectivity index (χ1) is 11.7. The SMILES string of the molecule is CCN1CC[C@@H](NC(=O)N(C)Cc2nc(-c3ccncc3)no2)C1. The number of rotatable bonds is 5. The molecule has 0 aliphatic carbocycles. The van der Waals surface area contributed by atoms with Crippen LogP contribution in [0.3, 0.4) is 0 Å². The predicted molar refractivity (Wildman–Crippen MR) is 88.0 cm³/mol. The third kappa shape index (κ3) is 3.88. The van der Waals surface area contributed by atoms with Crippen LogP contribution in [0, 0.1) is 0 Å². The van der Waals surface area contributed by atoms with Crippen molar-refractivity contribution in [1.82, 2.24) is 30.2 Å². The van der Waals surface area contributed by atoms with Crippen molar-refractivity contribution in [3.05, 3.63) is 30.4 Å². The van der Waals surface area contributed by atoms with E-state index in [9.17, 15) is 4.79 Å². The van der Waals surface area contributed by atoms with Crippen molar-refractivity contribution in [2.24, 2.45) is 0 Å². The Morgan fingerprint density at radius 1 is 1.46 bits per heavy atom. The fourth-order valence-electron chi connectivity index (χ4n) is 2.73. The van der Waals surface area contributed by atoms with E-state index in [1.54, 1.807) is 24.3 Å². The molecular weight excluding hydrogens is 308 g/mol. The molecule has 128 valence electrons. The first kappa shape index (κ1) is 16.4. The van der Waals surface area contributed by atoms with Gasteiger partial charge < -0.3 is 19.6 Å². The molecule has 3 heterocycles. The second kappa shape index (κ2) is 7.39. The maximum Gasteiger partial charge on any atom is 0.317 e. The van der Waals surface area contributed by atoms with Crippen molar-refractivity contribution in [2.75, 3.05) is 26.7 Å². The summed E-state index contributed by atoms with van der Waals surface area (Å²) in [5.41, 5.74) is 0.831. The zero-order chi connectivity index (χ0) is 16.9. The Balaban J connectivity index is 1.54. The van der Waals surface area contributed by atoms with Gasteiger partial charge in [0.25, 0.3) is 0 Å². The van der Waals surface area contributed by atoms with Crippen LogP contribution in [0.5, 0.6) is 0 Å². The Morgan fingerprint density at radius 3 is 2.96 bits per heavy atom. The summed E-state index contributed by atoms with van der Waals surface area (Å²) in [7, 11) is 1.72. The zero-order valence-corrected chi connectivity index (χ0v) is 14.0. The summed E-state index contributed by atoms with van der Waals surface area (Å²) in [5, 5.41) is 6.99. The monoisotopic (exact) mass is 330 g/mol. The summed E-state index contributed by atoms with van der Waals surface area (Å²) in [6, 6.07) is 3.70. The molecule has 0 radical (unpaired) electrons. The fraction of sp³-hybridized carbons (Fsp3) is 0.500. The van der Waals surface area contributed by atoms with Crippen molar-refractivity contribution in [3.63, 3.8) is 0 Å². The highest BCUT2D eigenvalue weighted by atomic mass is 16.5. The quantitative estimate of drug-likeness (QED) is 0.891. The van der Waals surface area contributed by atoms with Crippen LogP contribution in [-0.2, 0) is 6.54 Å². The molecular formula is C16H22N6O2. The van der Waals surface area contributed by atoms with E-state index in [0.717, 1.165) is 31.6 Å². The van der Waals surface area contributed by atoms with E-state index in [1.807, 2.05) is 12.1 Å². The highest BCUT2D eigenvalue weighted by Crippen LogP contribution is 2.15. The van der Waals surface area contributed by atoms with E-state index in [0.29, 0.717) is 11.7 Å². The van der Waals surface area contributed by atoms with E-state index in [2.05, 4.69) is 32.3 Å². The molecule has 8 heteroatoms. The van der Waals surface area contributed by atoms with Crippen LogP contribution < -0.4 is 5.32 Å². The third-order valence-electron chi connectivity index (χ3n) is 4.17. The highest BCUT2D eigenvalue weighted by Gasteiger charge is 2.24. The number of carbonyl (C=O) groups is 1. The molecule has 1 N–H and O–H groups in total. The van der Waals surface area contributed by atoms with Crippen LogP contribution in [0.4, 0.5) is 4.79 Å². The molecule has 1 fully saturated rings. The largest absolute Gasteiger partial charge is 0.337 e. The van der Waals surface area contributed by atoms with E-state index in [1.165, 1.54) is 0 Å². The van der Waals surface area contributed by atoms with Gasteiger partial charge in [-0.05, 0) is 25.1 Å². The number of carbonyl (C=O) groups excluding carboxylic acids is 1. The number of urea groups is 1. The van der Waals surface area contributed by atoms with Gasteiger partial charge >= 0.3 is 6.03 Å². The second-order valence-corrected chi connectivity index (χ2v) is 5.93. The number of nitrogens with zero attached hydrogens (tertiary/aromatic N) is 5. The third-order valence-corrected chi connectivity index (χ3v) is 4.17. The van der Waals surface area contributed by atoms with E-state index in [4.69, 9.17) is 4.52 Å². The highest BCUT2D eigenvalue weighted by molar-refractivity contribution is 5.74. The molecule has 1 saturated heterocycles. The molecule has 0 spiro atoms. The van der Waals surface area contributed by atoms with Gasteiger partial charge in [-0.2, -0.15) is 4.98 Å². The number of nitrogens with one attached hydrogen (secondary N) is 1. The number of likely N-dealkylation sites (N-methyl/N-ethyl adjacent to an activating group) is 1. The molecule has 8 nitrogen and oxygen atoms in total. The predicted octanol–water partition coefficient (Wildman–Crippen LogP) is 1.37. The number of amides is 2. The van der Waals surface area contributed by atoms with Gasteiger partial charge in [0.2, 0.25) is 11.7 Å². The fourth-order valence-corrected chi connectivity index (χ4v) is 2.73. The topological polar surface area (TPSA) is 87.4 Å². The van der Waals surface area contributed by atoms with Crippen molar-refractivity contribution in [3.8, 4) is 11.4 Å². The molecule has 3 rings (SSSR count). The molecule has 2 aromatic heterocycles. The molecule has 1 aliphatic heterocycles. The Hall–Kier alpha value is -2.48. The Kier molecular flexibility index (Phi) is 5.05. The number of pyridine rings is 1.